The van der Waals surface area contributed by atoms with Crippen LogP contribution in [-0.2, 0) is 0 Å². The lowest BCUT2D eigenvalue weighted by atomic mass is 10.3. The minimum Gasteiger partial charge on any atom is -0.506 e. The third-order valence-electron chi connectivity index (χ3n) is 1.75. The highest BCUT2D eigenvalue weighted by atomic mass is 79.9. The van der Waals surface area contributed by atoms with Gasteiger partial charge in [0.05, 0.1) is 7.11 Å². The molecule has 4 nitrogen and oxygen atoms in total. The van der Waals surface area contributed by atoms with Gasteiger partial charge < -0.3 is 19.3 Å². The van der Waals surface area contributed by atoms with Gasteiger partial charge >= 0.3 is 0 Å². The van der Waals surface area contributed by atoms with E-state index in [2.05, 4.69) is 15.9 Å². The molecule has 0 radical (unpaired) electrons. The Bertz CT molecular complexity index is 350. The van der Waals surface area contributed by atoms with Crippen molar-refractivity contribution in [2.24, 2.45) is 0 Å². The molecule has 0 amide bonds. The van der Waals surface area contributed by atoms with Crippen molar-refractivity contribution in [1.82, 2.24) is 0 Å². The van der Waals surface area contributed by atoms with Crippen LogP contribution in [0.25, 0.3) is 0 Å². The second kappa shape index (κ2) is 2.99. The molecule has 0 saturated carbocycles. The first-order valence-corrected chi connectivity index (χ1v) is 4.38. The fraction of sp³-hybridized carbons (Fsp3) is 0.250. The molecule has 1 aliphatic heterocycles. The van der Waals surface area contributed by atoms with Gasteiger partial charge in [0, 0.05) is 6.07 Å². The Morgan fingerprint density at radius 2 is 2.15 bits per heavy atom. The van der Waals surface area contributed by atoms with Crippen LogP contribution in [0.4, 0.5) is 0 Å². The molecule has 0 spiro atoms. The normalized spacial score (nSPS) is 13.1. The van der Waals surface area contributed by atoms with Gasteiger partial charge in [0.2, 0.25) is 12.5 Å². The van der Waals surface area contributed by atoms with Gasteiger partial charge in [-0.25, -0.2) is 0 Å². The molecule has 0 atom stereocenters. The zero-order valence-electron chi connectivity index (χ0n) is 6.83. The van der Waals surface area contributed by atoms with Crippen LogP contribution in [0.2, 0.25) is 0 Å². The van der Waals surface area contributed by atoms with E-state index in [0.29, 0.717) is 21.7 Å². The molecule has 13 heavy (non-hydrogen) atoms. The Kier molecular flexibility index (Phi) is 1.95. The van der Waals surface area contributed by atoms with Crippen LogP contribution in [0, 0.1) is 0 Å². The number of hydrogen-bond donors (Lipinski definition) is 1. The number of phenols is 1. The minimum atomic E-state index is 0.0705. The molecule has 2 rings (SSSR count). The van der Waals surface area contributed by atoms with E-state index in [1.807, 2.05) is 0 Å². The highest BCUT2D eigenvalue weighted by Crippen LogP contribution is 2.49. The Morgan fingerprint density at radius 3 is 2.85 bits per heavy atom. The van der Waals surface area contributed by atoms with Crippen molar-refractivity contribution in [3.8, 4) is 23.0 Å². The van der Waals surface area contributed by atoms with Crippen molar-refractivity contribution in [2.75, 3.05) is 13.9 Å². The van der Waals surface area contributed by atoms with Crippen LogP contribution in [0.1, 0.15) is 0 Å². The van der Waals surface area contributed by atoms with Crippen molar-refractivity contribution in [2.45, 2.75) is 0 Å². The van der Waals surface area contributed by atoms with E-state index in [9.17, 15) is 5.11 Å². The predicted octanol–water partition coefficient (Wildman–Crippen LogP) is 1.89. The SMILES string of the molecule is COc1cc(O)c(Br)c2c1OCO2. The summed E-state index contributed by atoms with van der Waals surface area (Å²) in [7, 11) is 1.50. The van der Waals surface area contributed by atoms with Crippen LogP contribution in [-0.4, -0.2) is 19.0 Å². The van der Waals surface area contributed by atoms with Crippen LogP contribution in [0.15, 0.2) is 10.5 Å². The molecule has 0 unspecified atom stereocenters. The maximum atomic E-state index is 9.43. The predicted molar refractivity (Wildman–Crippen MR) is 48.5 cm³/mol. The van der Waals surface area contributed by atoms with Crippen molar-refractivity contribution in [3.63, 3.8) is 0 Å². The first-order chi connectivity index (χ1) is 6.24. The molecule has 0 saturated heterocycles. The standard InChI is InChI=1S/C8H7BrO4/c1-11-5-2-4(10)6(9)8-7(5)12-3-13-8/h2,10H,3H2,1H3. The van der Waals surface area contributed by atoms with Gasteiger partial charge in [0.1, 0.15) is 10.2 Å². The summed E-state index contributed by atoms with van der Waals surface area (Å²) in [4.78, 5) is 0. The van der Waals surface area contributed by atoms with E-state index in [1.165, 1.54) is 13.2 Å². The molecule has 70 valence electrons. The average molecular weight is 247 g/mol. The number of hydrogen-bond acceptors (Lipinski definition) is 4. The number of rotatable bonds is 1. The Balaban J connectivity index is 2.64. The minimum absolute atomic E-state index is 0.0705. The van der Waals surface area contributed by atoms with Crippen molar-refractivity contribution in [1.29, 1.82) is 0 Å². The summed E-state index contributed by atoms with van der Waals surface area (Å²) in [6.07, 6.45) is 0. The second-order valence-electron chi connectivity index (χ2n) is 2.48. The fourth-order valence-electron chi connectivity index (χ4n) is 1.15. The molecule has 5 heteroatoms. The van der Waals surface area contributed by atoms with Crippen LogP contribution < -0.4 is 14.2 Å². The molecule has 0 aromatic heterocycles. The summed E-state index contributed by atoms with van der Waals surface area (Å²) in [6, 6.07) is 1.47. The number of ether oxygens (including phenoxy) is 3. The van der Waals surface area contributed by atoms with Gasteiger partial charge in [0.25, 0.3) is 0 Å². The van der Waals surface area contributed by atoms with Gasteiger partial charge in [-0.15, -0.1) is 0 Å². The van der Waals surface area contributed by atoms with Gasteiger partial charge in [-0.05, 0) is 15.9 Å². The number of fused-ring (bicyclic) bond motifs is 1. The monoisotopic (exact) mass is 246 g/mol. The maximum Gasteiger partial charge on any atom is 0.231 e. The Hall–Kier alpha value is -1.10. The van der Waals surface area contributed by atoms with Gasteiger partial charge in [-0.2, -0.15) is 0 Å². The third kappa shape index (κ3) is 1.19. The summed E-state index contributed by atoms with van der Waals surface area (Å²) in [5.41, 5.74) is 0. The summed E-state index contributed by atoms with van der Waals surface area (Å²) >= 11 is 3.18. The summed E-state index contributed by atoms with van der Waals surface area (Å²) in [6.45, 7) is 0.147. The molecule has 1 N–H and O–H groups in total. The fourth-order valence-corrected chi connectivity index (χ4v) is 1.55. The molecule has 1 heterocycles. The van der Waals surface area contributed by atoms with E-state index >= 15 is 0 Å². The Labute approximate surface area is 83.2 Å². The first kappa shape index (κ1) is 8.50. The van der Waals surface area contributed by atoms with Gasteiger partial charge in [0.15, 0.2) is 11.5 Å². The highest BCUT2D eigenvalue weighted by molar-refractivity contribution is 9.10. The van der Waals surface area contributed by atoms with E-state index in [-0.39, 0.29) is 12.5 Å². The van der Waals surface area contributed by atoms with Crippen molar-refractivity contribution < 1.29 is 19.3 Å². The Morgan fingerprint density at radius 1 is 1.46 bits per heavy atom. The molecule has 1 aliphatic rings. The molecule has 0 bridgehead atoms. The zero-order chi connectivity index (χ0) is 9.42. The lowest BCUT2D eigenvalue weighted by Gasteiger charge is -2.06. The number of halogens is 1. The van der Waals surface area contributed by atoms with E-state index in [1.54, 1.807) is 0 Å². The first-order valence-electron chi connectivity index (χ1n) is 3.59. The van der Waals surface area contributed by atoms with Gasteiger partial charge in [-0.3, -0.25) is 0 Å². The van der Waals surface area contributed by atoms with E-state index in [0.717, 1.165) is 0 Å². The van der Waals surface area contributed by atoms with Crippen LogP contribution in [0.5, 0.6) is 23.0 Å². The largest absolute Gasteiger partial charge is 0.506 e. The van der Waals surface area contributed by atoms with Crippen molar-refractivity contribution >= 4 is 15.9 Å². The molecular weight excluding hydrogens is 240 g/mol. The smallest absolute Gasteiger partial charge is 0.231 e. The number of phenolic OH excluding ortho intramolecular Hbond substituents is 1. The van der Waals surface area contributed by atoms with Crippen LogP contribution in [0.3, 0.4) is 0 Å². The maximum absolute atomic E-state index is 9.43. The van der Waals surface area contributed by atoms with E-state index < -0.39 is 0 Å². The van der Waals surface area contributed by atoms with Gasteiger partial charge in [-0.1, -0.05) is 0 Å². The summed E-state index contributed by atoms with van der Waals surface area (Å²) in [5, 5.41) is 9.43. The van der Waals surface area contributed by atoms with Crippen molar-refractivity contribution in [3.05, 3.63) is 10.5 Å². The zero-order valence-corrected chi connectivity index (χ0v) is 8.42. The lowest BCUT2D eigenvalue weighted by Crippen LogP contribution is -1.93. The average Bonchev–Trinajstić information content (AvgIpc) is 2.60. The molecule has 1 aromatic carbocycles. The summed E-state index contributed by atoms with van der Waals surface area (Å²) < 4.78 is 15.8. The third-order valence-corrected chi connectivity index (χ3v) is 2.51. The van der Waals surface area contributed by atoms with E-state index in [4.69, 9.17) is 14.2 Å². The number of benzene rings is 1. The summed E-state index contributed by atoms with van der Waals surface area (Å²) in [5.74, 6) is 1.54. The second-order valence-corrected chi connectivity index (χ2v) is 3.27. The molecule has 0 fully saturated rings. The highest BCUT2D eigenvalue weighted by Gasteiger charge is 2.24. The number of aromatic hydroxyl groups is 1. The molecule has 0 aliphatic carbocycles. The topological polar surface area (TPSA) is 47.9 Å². The van der Waals surface area contributed by atoms with Crippen LogP contribution >= 0.6 is 15.9 Å². The lowest BCUT2D eigenvalue weighted by molar-refractivity contribution is 0.170. The number of methoxy groups -OCH3 is 1. The molecular formula is C8H7BrO4. The molecule has 1 aromatic rings. The quantitative estimate of drug-likeness (QED) is 0.823.